The molecule has 1 atom stereocenters. The van der Waals surface area contributed by atoms with Crippen LogP contribution in [0, 0.1) is 0 Å². The van der Waals surface area contributed by atoms with Crippen LogP contribution in [0.5, 0.6) is 5.75 Å². The van der Waals surface area contributed by atoms with Crippen molar-refractivity contribution >= 4 is 11.9 Å². The van der Waals surface area contributed by atoms with Crippen molar-refractivity contribution in [2.75, 3.05) is 0 Å². The highest BCUT2D eigenvalue weighted by atomic mass is 19.3. The molecule has 5 nitrogen and oxygen atoms in total. The third-order valence-corrected chi connectivity index (χ3v) is 3.28. The van der Waals surface area contributed by atoms with Gasteiger partial charge >= 0.3 is 12.6 Å². The molecule has 7 heteroatoms. The Bertz CT molecular complexity index is 705. The highest BCUT2D eigenvalue weighted by Crippen LogP contribution is 2.15. The monoisotopic (exact) mass is 349 g/mol. The van der Waals surface area contributed by atoms with Gasteiger partial charge in [-0.2, -0.15) is 8.78 Å². The Morgan fingerprint density at radius 3 is 2.28 bits per heavy atom. The minimum Gasteiger partial charge on any atom is -0.449 e. The zero-order valence-electron chi connectivity index (χ0n) is 13.4. The molecule has 1 amide bonds. The molecule has 0 radical (unpaired) electrons. The van der Waals surface area contributed by atoms with Crippen molar-refractivity contribution in [2.24, 2.45) is 0 Å². The van der Waals surface area contributed by atoms with Gasteiger partial charge in [-0.25, -0.2) is 4.79 Å². The van der Waals surface area contributed by atoms with Gasteiger partial charge in [0, 0.05) is 6.54 Å². The van der Waals surface area contributed by atoms with E-state index in [1.807, 2.05) is 30.3 Å². The summed E-state index contributed by atoms with van der Waals surface area (Å²) in [5.41, 5.74) is 1.05. The first kappa shape index (κ1) is 18.4. The quantitative estimate of drug-likeness (QED) is 0.780. The van der Waals surface area contributed by atoms with Crippen LogP contribution in [-0.4, -0.2) is 24.6 Å². The molecule has 0 bridgehead atoms. The second-order valence-electron chi connectivity index (χ2n) is 5.15. The second-order valence-corrected chi connectivity index (χ2v) is 5.15. The first-order valence-corrected chi connectivity index (χ1v) is 7.53. The van der Waals surface area contributed by atoms with E-state index in [9.17, 15) is 18.4 Å². The molecule has 2 rings (SSSR count). The third-order valence-electron chi connectivity index (χ3n) is 3.28. The van der Waals surface area contributed by atoms with Gasteiger partial charge in [0.15, 0.2) is 6.10 Å². The Hall–Kier alpha value is -2.96. The molecule has 0 aliphatic heterocycles. The maximum Gasteiger partial charge on any atom is 0.387 e. The second kappa shape index (κ2) is 8.77. The number of amides is 1. The van der Waals surface area contributed by atoms with Crippen LogP contribution in [0.25, 0.3) is 0 Å². The summed E-state index contributed by atoms with van der Waals surface area (Å²) in [7, 11) is 0. The highest BCUT2D eigenvalue weighted by Gasteiger charge is 2.18. The number of esters is 1. The fraction of sp³-hybridized carbons (Fsp3) is 0.222. The van der Waals surface area contributed by atoms with Gasteiger partial charge in [0.1, 0.15) is 5.75 Å². The summed E-state index contributed by atoms with van der Waals surface area (Å²) in [5.74, 6) is -1.24. The Balaban J connectivity index is 1.85. The lowest BCUT2D eigenvalue weighted by Crippen LogP contribution is -2.35. The lowest BCUT2D eigenvalue weighted by atomic mass is 10.2. The maximum absolute atomic E-state index is 12.1. The van der Waals surface area contributed by atoms with Crippen LogP contribution in [-0.2, 0) is 16.1 Å². The predicted octanol–water partition coefficient (Wildman–Crippen LogP) is 3.15. The van der Waals surface area contributed by atoms with Crippen LogP contribution in [0.15, 0.2) is 54.6 Å². The SMILES string of the molecule is CC(OC(=O)c1ccc(OC(F)F)cc1)C(=O)NCc1ccccc1. The molecule has 132 valence electrons. The Labute approximate surface area is 143 Å². The summed E-state index contributed by atoms with van der Waals surface area (Å²) in [5, 5.41) is 2.67. The number of rotatable bonds is 7. The number of hydrogen-bond acceptors (Lipinski definition) is 4. The molecule has 0 saturated heterocycles. The minimum atomic E-state index is -2.94. The Morgan fingerprint density at radius 2 is 1.68 bits per heavy atom. The summed E-state index contributed by atoms with van der Waals surface area (Å²) < 4.78 is 33.4. The molecule has 0 heterocycles. The van der Waals surface area contributed by atoms with Crippen molar-refractivity contribution in [1.82, 2.24) is 5.32 Å². The molecule has 2 aromatic carbocycles. The van der Waals surface area contributed by atoms with Gasteiger partial charge in [-0.1, -0.05) is 30.3 Å². The van der Waals surface area contributed by atoms with E-state index in [4.69, 9.17) is 4.74 Å². The van der Waals surface area contributed by atoms with Crippen molar-refractivity contribution in [3.05, 3.63) is 65.7 Å². The first-order chi connectivity index (χ1) is 12.0. The number of hydrogen-bond donors (Lipinski definition) is 1. The number of alkyl halides is 2. The molecular formula is C18H17F2NO4. The molecule has 0 spiro atoms. The van der Waals surface area contributed by atoms with Crippen LogP contribution in [0.3, 0.4) is 0 Å². The third kappa shape index (κ3) is 5.87. The van der Waals surface area contributed by atoms with Gasteiger partial charge in [0.2, 0.25) is 0 Å². The molecule has 2 aromatic rings. The van der Waals surface area contributed by atoms with E-state index in [-0.39, 0.29) is 11.3 Å². The van der Waals surface area contributed by atoms with Gasteiger partial charge in [-0.15, -0.1) is 0 Å². The molecular weight excluding hydrogens is 332 g/mol. The van der Waals surface area contributed by atoms with Crippen molar-refractivity contribution in [2.45, 2.75) is 26.2 Å². The summed E-state index contributed by atoms with van der Waals surface area (Å²) >= 11 is 0. The first-order valence-electron chi connectivity index (χ1n) is 7.53. The predicted molar refractivity (Wildman–Crippen MR) is 86.2 cm³/mol. The minimum absolute atomic E-state index is 0.0693. The normalized spacial score (nSPS) is 11.7. The summed E-state index contributed by atoms with van der Waals surface area (Å²) in [4.78, 5) is 23.9. The number of carbonyl (C=O) groups is 2. The average molecular weight is 349 g/mol. The summed E-state index contributed by atoms with van der Waals surface area (Å²) in [6, 6.07) is 14.3. The fourth-order valence-electron chi connectivity index (χ4n) is 1.98. The van der Waals surface area contributed by atoms with Gasteiger partial charge in [-0.05, 0) is 36.8 Å². The van der Waals surface area contributed by atoms with E-state index in [1.54, 1.807) is 0 Å². The van der Waals surface area contributed by atoms with Gasteiger partial charge in [0.25, 0.3) is 5.91 Å². The number of halogens is 2. The Kier molecular flexibility index (Phi) is 6.45. The van der Waals surface area contributed by atoms with Crippen molar-refractivity contribution < 1.29 is 27.8 Å². The highest BCUT2D eigenvalue weighted by molar-refractivity contribution is 5.92. The fourth-order valence-corrected chi connectivity index (χ4v) is 1.98. The number of benzene rings is 2. The van der Waals surface area contributed by atoms with E-state index >= 15 is 0 Å². The molecule has 0 aromatic heterocycles. The van der Waals surface area contributed by atoms with Crippen molar-refractivity contribution in [1.29, 1.82) is 0 Å². The largest absolute Gasteiger partial charge is 0.449 e. The molecule has 1 unspecified atom stereocenters. The number of ether oxygens (including phenoxy) is 2. The molecule has 0 fully saturated rings. The van der Waals surface area contributed by atoms with E-state index in [2.05, 4.69) is 10.1 Å². The smallest absolute Gasteiger partial charge is 0.387 e. The van der Waals surface area contributed by atoms with E-state index in [0.29, 0.717) is 6.54 Å². The topological polar surface area (TPSA) is 64.6 Å². The van der Waals surface area contributed by atoms with Crippen LogP contribution in [0.4, 0.5) is 8.78 Å². The Morgan fingerprint density at radius 1 is 1.04 bits per heavy atom. The molecule has 0 aliphatic carbocycles. The summed E-state index contributed by atoms with van der Waals surface area (Å²) in [6.45, 7) is -1.17. The lowest BCUT2D eigenvalue weighted by molar-refractivity contribution is -0.129. The molecule has 25 heavy (non-hydrogen) atoms. The molecule has 0 aliphatic rings. The average Bonchev–Trinajstić information content (AvgIpc) is 2.60. The van der Waals surface area contributed by atoms with Crippen LogP contribution in [0.2, 0.25) is 0 Å². The number of nitrogens with one attached hydrogen (secondary N) is 1. The zero-order valence-corrected chi connectivity index (χ0v) is 13.4. The zero-order chi connectivity index (χ0) is 18.2. The molecule has 0 saturated carbocycles. The van der Waals surface area contributed by atoms with Gasteiger partial charge in [0.05, 0.1) is 5.56 Å². The van der Waals surface area contributed by atoms with E-state index in [1.165, 1.54) is 31.2 Å². The van der Waals surface area contributed by atoms with Gasteiger partial charge < -0.3 is 14.8 Å². The standard InChI is InChI=1S/C18H17F2NO4/c1-12(16(22)21-11-13-5-3-2-4-6-13)24-17(23)14-7-9-15(10-8-14)25-18(19)20/h2-10,12,18H,11H2,1H3,(H,21,22). The van der Waals surface area contributed by atoms with Crippen molar-refractivity contribution in [3.63, 3.8) is 0 Å². The van der Waals surface area contributed by atoms with Crippen LogP contribution in [0.1, 0.15) is 22.8 Å². The van der Waals surface area contributed by atoms with Crippen LogP contribution >= 0.6 is 0 Å². The van der Waals surface area contributed by atoms with Crippen LogP contribution < -0.4 is 10.1 Å². The summed E-state index contributed by atoms with van der Waals surface area (Å²) in [6.07, 6.45) is -0.992. The van der Waals surface area contributed by atoms with E-state index < -0.39 is 24.6 Å². The van der Waals surface area contributed by atoms with E-state index in [0.717, 1.165) is 5.56 Å². The lowest BCUT2D eigenvalue weighted by Gasteiger charge is -2.14. The van der Waals surface area contributed by atoms with Crippen molar-refractivity contribution in [3.8, 4) is 5.75 Å². The van der Waals surface area contributed by atoms with Gasteiger partial charge in [-0.3, -0.25) is 4.79 Å². The number of carbonyl (C=O) groups excluding carboxylic acids is 2. The molecule has 1 N–H and O–H groups in total. The maximum atomic E-state index is 12.1.